The predicted molar refractivity (Wildman–Crippen MR) is 140 cm³/mol. The monoisotopic (exact) mass is 431 g/mol. The van der Waals surface area contributed by atoms with Crippen LogP contribution in [0.4, 0.5) is 0 Å². The highest BCUT2D eigenvalue weighted by molar-refractivity contribution is 6.25. The van der Waals surface area contributed by atoms with Crippen molar-refractivity contribution in [1.82, 2.24) is 4.40 Å². The van der Waals surface area contributed by atoms with Gasteiger partial charge in [-0.05, 0) is 65.8 Å². The van der Waals surface area contributed by atoms with Crippen LogP contribution in [0.2, 0.25) is 0 Å². The first-order valence-corrected chi connectivity index (χ1v) is 12.6. The molecule has 3 aromatic carbocycles. The Hall–Kier alpha value is -3.13. The van der Waals surface area contributed by atoms with Crippen molar-refractivity contribution in [2.24, 2.45) is 7.05 Å². The van der Waals surface area contributed by atoms with Crippen LogP contribution in [0.3, 0.4) is 0 Å². The Morgan fingerprint density at radius 1 is 0.879 bits per heavy atom. The van der Waals surface area contributed by atoms with Crippen molar-refractivity contribution in [1.29, 1.82) is 0 Å². The minimum Gasteiger partial charge on any atom is -0.307 e. The van der Waals surface area contributed by atoms with Gasteiger partial charge in [-0.15, -0.1) is 0 Å². The Labute approximate surface area is 194 Å². The van der Waals surface area contributed by atoms with E-state index in [-0.39, 0.29) is 0 Å². The lowest BCUT2D eigenvalue weighted by atomic mass is 9.92. The van der Waals surface area contributed by atoms with Gasteiger partial charge in [0, 0.05) is 16.8 Å². The molecule has 0 N–H and O–H groups in total. The molecule has 7 rings (SSSR count). The minimum atomic E-state index is 0.514. The van der Waals surface area contributed by atoms with E-state index in [4.69, 9.17) is 0 Å². The maximum Gasteiger partial charge on any atom is 0.224 e. The summed E-state index contributed by atoms with van der Waals surface area (Å²) >= 11 is 0. The van der Waals surface area contributed by atoms with Gasteiger partial charge < -0.3 is 4.40 Å². The number of hydrogen-bond acceptors (Lipinski definition) is 0. The van der Waals surface area contributed by atoms with Gasteiger partial charge in [0.1, 0.15) is 7.05 Å². The number of aromatic nitrogens is 2. The van der Waals surface area contributed by atoms with Crippen LogP contribution in [0.5, 0.6) is 0 Å². The first-order valence-electron chi connectivity index (χ1n) is 12.6. The number of nitrogens with zero attached hydrogens (tertiary/aromatic N) is 2. The second kappa shape index (κ2) is 6.70. The van der Waals surface area contributed by atoms with Crippen molar-refractivity contribution < 1.29 is 4.57 Å². The largest absolute Gasteiger partial charge is 0.307 e. The molecule has 1 saturated carbocycles. The Morgan fingerprint density at radius 2 is 1.67 bits per heavy atom. The molecule has 1 aliphatic rings. The third kappa shape index (κ3) is 2.52. The number of fused-ring (bicyclic) bond motifs is 5. The quantitative estimate of drug-likeness (QED) is 0.150. The Bertz CT molecular complexity index is 1710. The van der Waals surface area contributed by atoms with Crippen molar-refractivity contribution in [3.63, 3.8) is 0 Å². The molecule has 0 amide bonds. The van der Waals surface area contributed by atoms with Crippen molar-refractivity contribution in [2.75, 3.05) is 0 Å². The number of benzene rings is 3. The average molecular weight is 432 g/mol. The van der Waals surface area contributed by atoms with E-state index in [1.54, 1.807) is 0 Å². The summed E-state index contributed by atoms with van der Waals surface area (Å²) in [5, 5.41) is 6.91. The number of rotatable bonds is 2. The van der Waals surface area contributed by atoms with Gasteiger partial charge in [-0.2, -0.15) is 0 Å². The van der Waals surface area contributed by atoms with Gasteiger partial charge in [0.25, 0.3) is 0 Å². The highest BCUT2D eigenvalue weighted by atomic mass is 15.0. The Balaban J connectivity index is 1.79. The lowest BCUT2D eigenvalue weighted by Gasteiger charge is -2.16. The van der Waals surface area contributed by atoms with E-state index in [1.165, 1.54) is 91.4 Å². The highest BCUT2D eigenvalue weighted by Gasteiger charge is 2.26. The molecule has 3 heterocycles. The molecule has 0 radical (unpaired) electrons. The summed E-state index contributed by atoms with van der Waals surface area (Å²) in [7, 11) is 2.21. The van der Waals surface area contributed by atoms with Crippen LogP contribution in [0.15, 0.2) is 54.7 Å². The zero-order valence-corrected chi connectivity index (χ0v) is 20.1. The third-order valence-corrected chi connectivity index (χ3v) is 8.37. The van der Waals surface area contributed by atoms with Crippen LogP contribution in [0, 0.1) is 6.92 Å². The molecule has 33 heavy (non-hydrogen) atoms. The average Bonchev–Trinajstić information content (AvgIpc) is 3.46. The molecule has 0 aliphatic heterocycles. The first kappa shape index (κ1) is 19.3. The van der Waals surface area contributed by atoms with Crippen LogP contribution >= 0.6 is 0 Å². The normalized spacial score (nSPS) is 15.5. The lowest BCUT2D eigenvalue weighted by molar-refractivity contribution is -0.643. The lowest BCUT2D eigenvalue weighted by Crippen LogP contribution is -2.29. The van der Waals surface area contributed by atoms with Gasteiger partial charge in [0.05, 0.1) is 27.3 Å². The molecule has 0 spiro atoms. The summed E-state index contributed by atoms with van der Waals surface area (Å²) in [6, 6.07) is 19.1. The molecule has 164 valence electrons. The fourth-order valence-corrected chi connectivity index (χ4v) is 6.61. The smallest absolute Gasteiger partial charge is 0.224 e. The van der Waals surface area contributed by atoms with E-state index in [1.807, 2.05) is 0 Å². The summed E-state index contributed by atoms with van der Waals surface area (Å²) in [6.07, 6.45) is 7.64. The summed E-state index contributed by atoms with van der Waals surface area (Å²) in [4.78, 5) is 0. The maximum absolute atomic E-state index is 2.60. The summed E-state index contributed by atoms with van der Waals surface area (Å²) in [6.45, 7) is 6.86. The van der Waals surface area contributed by atoms with E-state index in [2.05, 4.69) is 91.5 Å². The second-order valence-corrected chi connectivity index (χ2v) is 10.7. The van der Waals surface area contributed by atoms with Gasteiger partial charge >= 0.3 is 0 Å². The van der Waals surface area contributed by atoms with E-state index >= 15 is 0 Å². The SMILES string of the molecule is Cc1ccc2c3ccc(C(C)C)cc3n3c4cc(C5CCCC5)cc5cc[n+](C)c(c1c23)c54. The van der Waals surface area contributed by atoms with Crippen molar-refractivity contribution in [3.8, 4) is 0 Å². The van der Waals surface area contributed by atoms with Crippen molar-refractivity contribution in [3.05, 3.63) is 71.4 Å². The van der Waals surface area contributed by atoms with Crippen molar-refractivity contribution >= 4 is 49.0 Å². The van der Waals surface area contributed by atoms with E-state index in [9.17, 15) is 0 Å². The van der Waals surface area contributed by atoms with Crippen LogP contribution in [0.1, 0.15) is 68.1 Å². The zero-order chi connectivity index (χ0) is 22.4. The molecule has 3 aromatic heterocycles. The molecule has 2 heteroatoms. The molecule has 2 nitrogen and oxygen atoms in total. The highest BCUT2D eigenvalue weighted by Crippen LogP contribution is 2.43. The number of hydrogen-bond donors (Lipinski definition) is 0. The van der Waals surface area contributed by atoms with E-state index in [0.717, 1.165) is 0 Å². The Kier molecular flexibility index (Phi) is 3.93. The fraction of sp³-hybridized carbons (Fsp3) is 0.323. The zero-order valence-electron chi connectivity index (χ0n) is 20.1. The maximum atomic E-state index is 2.60. The molecule has 0 atom stereocenters. The summed E-state index contributed by atoms with van der Waals surface area (Å²) in [5.74, 6) is 1.21. The molecule has 0 saturated heterocycles. The van der Waals surface area contributed by atoms with Crippen LogP contribution in [-0.4, -0.2) is 4.40 Å². The van der Waals surface area contributed by atoms with E-state index in [0.29, 0.717) is 11.8 Å². The molecule has 6 aromatic rings. The van der Waals surface area contributed by atoms with Gasteiger partial charge in [-0.25, -0.2) is 4.57 Å². The second-order valence-electron chi connectivity index (χ2n) is 10.7. The third-order valence-electron chi connectivity index (χ3n) is 8.37. The number of aryl methyl sites for hydroxylation is 2. The van der Waals surface area contributed by atoms with E-state index < -0.39 is 0 Å². The van der Waals surface area contributed by atoms with Crippen molar-refractivity contribution in [2.45, 2.75) is 58.3 Å². The van der Waals surface area contributed by atoms with Crippen LogP contribution in [-0.2, 0) is 7.05 Å². The van der Waals surface area contributed by atoms with Gasteiger partial charge in [0.15, 0.2) is 6.20 Å². The predicted octanol–water partition coefficient (Wildman–Crippen LogP) is 7.90. The van der Waals surface area contributed by atoms with Gasteiger partial charge in [-0.3, -0.25) is 0 Å². The standard InChI is InChI=1S/C31H31N2/c1-18(2)21-10-12-24-25-11-9-19(3)28-30(25)33(26(24)16-21)27-17-23(20-7-5-6-8-20)15-22-13-14-32(4)31(28)29(22)27/h9-18,20H,5-8H2,1-4H3/q+1. The molecule has 1 aliphatic carbocycles. The van der Waals surface area contributed by atoms with Gasteiger partial charge in [0.2, 0.25) is 5.52 Å². The minimum absolute atomic E-state index is 0.514. The molecule has 0 unspecified atom stereocenters. The molecule has 1 fully saturated rings. The molecular formula is C31H31N2+. The fourth-order valence-electron chi connectivity index (χ4n) is 6.61. The molecule has 0 bridgehead atoms. The van der Waals surface area contributed by atoms with Gasteiger partial charge in [-0.1, -0.05) is 57.0 Å². The van der Waals surface area contributed by atoms with Crippen LogP contribution < -0.4 is 4.57 Å². The summed E-state index contributed by atoms with van der Waals surface area (Å²) in [5.41, 5.74) is 9.76. The Morgan fingerprint density at radius 3 is 2.45 bits per heavy atom. The van der Waals surface area contributed by atoms with Crippen LogP contribution in [0.25, 0.3) is 49.0 Å². The number of pyridine rings is 2. The summed E-state index contributed by atoms with van der Waals surface area (Å²) < 4.78 is 4.94. The first-order chi connectivity index (χ1) is 16.0. The topological polar surface area (TPSA) is 8.29 Å². The molecular weight excluding hydrogens is 400 g/mol.